The molecular weight excluding hydrogens is 435 g/mol. The molecule has 3 rings (SSSR count). The van der Waals surface area contributed by atoms with Crippen LogP contribution in [0.4, 0.5) is 15.9 Å². The molecule has 1 amide bonds. The predicted octanol–water partition coefficient (Wildman–Crippen LogP) is 4.20. The Morgan fingerprint density at radius 1 is 1.22 bits per heavy atom. The van der Waals surface area contributed by atoms with Crippen LogP contribution in [0.1, 0.15) is 32.7 Å². The summed E-state index contributed by atoms with van der Waals surface area (Å²) < 4.78 is 20.0. The molecule has 0 saturated heterocycles. The highest BCUT2D eigenvalue weighted by Gasteiger charge is 2.21. The van der Waals surface area contributed by atoms with Crippen molar-refractivity contribution in [2.45, 2.75) is 20.4 Å². The lowest BCUT2D eigenvalue weighted by Gasteiger charge is -2.13. The molecule has 0 fully saturated rings. The van der Waals surface area contributed by atoms with Crippen molar-refractivity contribution in [2.24, 2.45) is 0 Å². The molecule has 9 heteroatoms. The van der Waals surface area contributed by atoms with E-state index in [1.807, 2.05) is 6.92 Å². The van der Waals surface area contributed by atoms with Crippen molar-refractivity contribution in [2.75, 3.05) is 17.7 Å². The highest BCUT2D eigenvalue weighted by atomic mass is 35.5. The minimum absolute atomic E-state index is 0.156. The molecule has 1 heterocycles. The SMILES string of the molecule is Cc1c(C#N)c(NC(=O)COC(=O)c2ccc(Cl)c(N)c2)n(Cc2ccc(F)cc2)c1C. The molecule has 1 aromatic heterocycles. The molecule has 0 aliphatic rings. The Bertz CT molecular complexity index is 1230. The maximum atomic E-state index is 13.2. The van der Waals surface area contributed by atoms with Crippen LogP contribution in [-0.2, 0) is 16.1 Å². The second-order valence-electron chi connectivity index (χ2n) is 7.12. The summed E-state index contributed by atoms with van der Waals surface area (Å²) in [5.41, 5.74) is 8.62. The number of carbonyl (C=O) groups is 2. The minimum atomic E-state index is -0.738. The minimum Gasteiger partial charge on any atom is -0.452 e. The summed E-state index contributed by atoms with van der Waals surface area (Å²) in [7, 11) is 0. The topological polar surface area (TPSA) is 110 Å². The van der Waals surface area contributed by atoms with Gasteiger partial charge in [-0.15, -0.1) is 0 Å². The van der Waals surface area contributed by atoms with Gasteiger partial charge in [0.25, 0.3) is 5.91 Å². The summed E-state index contributed by atoms with van der Waals surface area (Å²) in [6.07, 6.45) is 0. The van der Waals surface area contributed by atoms with Crippen LogP contribution in [0.25, 0.3) is 0 Å². The summed E-state index contributed by atoms with van der Waals surface area (Å²) in [6.45, 7) is 3.34. The summed E-state index contributed by atoms with van der Waals surface area (Å²) >= 11 is 5.84. The molecule has 0 saturated carbocycles. The van der Waals surface area contributed by atoms with Gasteiger partial charge in [-0.2, -0.15) is 5.26 Å². The Morgan fingerprint density at radius 3 is 2.53 bits per heavy atom. The van der Waals surface area contributed by atoms with Gasteiger partial charge in [0, 0.05) is 12.2 Å². The van der Waals surface area contributed by atoms with E-state index >= 15 is 0 Å². The zero-order valence-electron chi connectivity index (χ0n) is 17.4. The molecule has 0 bridgehead atoms. The van der Waals surface area contributed by atoms with Gasteiger partial charge in [0.05, 0.1) is 21.8 Å². The number of anilines is 2. The molecule has 0 radical (unpaired) electrons. The molecule has 3 aromatic rings. The van der Waals surface area contributed by atoms with Gasteiger partial charge in [0.15, 0.2) is 6.61 Å². The Kier molecular flexibility index (Phi) is 6.81. The number of esters is 1. The van der Waals surface area contributed by atoms with Crippen LogP contribution < -0.4 is 11.1 Å². The van der Waals surface area contributed by atoms with Gasteiger partial charge in [-0.05, 0) is 55.3 Å². The van der Waals surface area contributed by atoms with Crippen LogP contribution in [0.5, 0.6) is 0 Å². The lowest BCUT2D eigenvalue weighted by molar-refractivity contribution is -0.119. The van der Waals surface area contributed by atoms with E-state index in [4.69, 9.17) is 22.1 Å². The number of nitriles is 1. The molecule has 2 aromatic carbocycles. The van der Waals surface area contributed by atoms with Crippen molar-refractivity contribution in [3.8, 4) is 6.07 Å². The Labute approximate surface area is 189 Å². The number of hydrogen-bond donors (Lipinski definition) is 2. The van der Waals surface area contributed by atoms with Gasteiger partial charge in [0.1, 0.15) is 17.7 Å². The summed E-state index contributed by atoms with van der Waals surface area (Å²) in [4.78, 5) is 24.7. The zero-order valence-corrected chi connectivity index (χ0v) is 18.2. The van der Waals surface area contributed by atoms with E-state index in [2.05, 4.69) is 11.4 Å². The van der Waals surface area contributed by atoms with Gasteiger partial charge in [0.2, 0.25) is 0 Å². The average Bonchev–Trinajstić information content (AvgIpc) is 2.99. The third kappa shape index (κ3) is 4.90. The Balaban J connectivity index is 1.76. The predicted molar refractivity (Wildman–Crippen MR) is 119 cm³/mol. The Morgan fingerprint density at radius 2 is 1.91 bits per heavy atom. The number of nitrogens with one attached hydrogen (secondary N) is 1. The maximum Gasteiger partial charge on any atom is 0.338 e. The molecule has 0 spiro atoms. The third-order valence-electron chi connectivity index (χ3n) is 5.02. The number of benzene rings is 2. The number of hydrogen-bond acceptors (Lipinski definition) is 5. The van der Waals surface area contributed by atoms with Crippen LogP contribution in [0.15, 0.2) is 42.5 Å². The van der Waals surface area contributed by atoms with Gasteiger partial charge in [-0.1, -0.05) is 23.7 Å². The second-order valence-corrected chi connectivity index (χ2v) is 7.53. The lowest BCUT2D eigenvalue weighted by Crippen LogP contribution is -2.23. The number of nitrogens with two attached hydrogens (primary N) is 1. The van der Waals surface area contributed by atoms with Gasteiger partial charge >= 0.3 is 5.97 Å². The first-order chi connectivity index (χ1) is 15.2. The first kappa shape index (κ1) is 22.8. The first-order valence-electron chi connectivity index (χ1n) is 9.57. The van der Waals surface area contributed by atoms with Crippen LogP contribution in [0.2, 0.25) is 5.02 Å². The third-order valence-corrected chi connectivity index (χ3v) is 5.36. The fourth-order valence-electron chi connectivity index (χ4n) is 3.15. The van der Waals surface area contributed by atoms with E-state index in [1.54, 1.807) is 23.6 Å². The standard InChI is InChI=1S/C23H20ClFN4O3/c1-13-14(2)29(11-15-3-6-17(25)7-4-15)22(18(13)10-26)28-21(30)12-32-23(31)16-5-8-19(24)20(27)9-16/h3-9H,11-12,27H2,1-2H3,(H,28,30). The average molecular weight is 455 g/mol. The number of carbonyl (C=O) groups excluding carboxylic acids is 2. The van der Waals surface area contributed by atoms with E-state index in [9.17, 15) is 19.2 Å². The van der Waals surface area contributed by atoms with Crippen LogP contribution in [0.3, 0.4) is 0 Å². The van der Waals surface area contributed by atoms with E-state index in [0.717, 1.165) is 11.3 Å². The molecule has 7 nitrogen and oxygen atoms in total. The van der Waals surface area contributed by atoms with Gasteiger partial charge in [-0.3, -0.25) is 4.79 Å². The number of nitrogens with zero attached hydrogens (tertiary/aromatic N) is 2. The maximum absolute atomic E-state index is 13.2. The monoisotopic (exact) mass is 454 g/mol. The molecule has 3 N–H and O–H groups in total. The van der Waals surface area contributed by atoms with E-state index in [0.29, 0.717) is 22.7 Å². The fraction of sp³-hybridized carbons (Fsp3) is 0.174. The fourth-order valence-corrected chi connectivity index (χ4v) is 3.27. The smallest absolute Gasteiger partial charge is 0.338 e. The van der Waals surface area contributed by atoms with E-state index in [-0.39, 0.29) is 22.9 Å². The van der Waals surface area contributed by atoms with Crippen molar-refractivity contribution >= 4 is 35.0 Å². The van der Waals surface area contributed by atoms with Crippen LogP contribution in [-0.4, -0.2) is 23.1 Å². The number of amides is 1. The molecule has 0 unspecified atom stereocenters. The van der Waals surface area contributed by atoms with E-state index in [1.165, 1.54) is 30.3 Å². The summed E-state index contributed by atoms with van der Waals surface area (Å²) in [5, 5.41) is 12.6. The summed E-state index contributed by atoms with van der Waals surface area (Å²) in [5.74, 6) is -1.43. The number of halogens is 2. The molecule has 0 aliphatic heterocycles. The van der Waals surface area contributed by atoms with Gasteiger partial charge < -0.3 is 20.4 Å². The molecule has 32 heavy (non-hydrogen) atoms. The van der Waals surface area contributed by atoms with Crippen molar-refractivity contribution in [3.05, 3.63) is 81.3 Å². The molecule has 164 valence electrons. The number of aromatic nitrogens is 1. The van der Waals surface area contributed by atoms with Crippen LogP contribution >= 0.6 is 11.6 Å². The first-order valence-corrected chi connectivity index (χ1v) is 9.95. The van der Waals surface area contributed by atoms with Crippen molar-refractivity contribution in [3.63, 3.8) is 0 Å². The highest BCUT2D eigenvalue weighted by molar-refractivity contribution is 6.33. The quantitative estimate of drug-likeness (QED) is 0.428. The highest BCUT2D eigenvalue weighted by Crippen LogP contribution is 2.27. The van der Waals surface area contributed by atoms with Crippen molar-refractivity contribution < 1.29 is 18.7 Å². The lowest BCUT2D eigenvalue weighted by atomic mass is 10.2. The molecule has 0 atom stereocenters. The molecular formula is C23H20ClFN4O3. The summed E-state index contributed by atoms with van der Waals surface area (Å²) in [6, 6.07) is 12.3. The number of nitrogen functional groups attached to an aromatic ring is 1. The van der Waals surface area contributed by atoms with E-state index < -0.39 is 18.5 Å². The van der Waals surface area contributed by atoms with Crippen molar-refractivity contribution in [1.29, 1.82) is 5.26 Å². The van der Waals surface area contributed by atoms with Crippen LogP contribution in [0, 0.1) is 31.0 Å². The van der Waals surface area contributed by atoms with Crippen molar-refractivity contribution in [1.82, 2.24) is 4.57 Å². The zero-order chi connectivity index (χ0) is 23.4. The largest absolute Gasteiger partial charge is 0.452 e. The van der Waals surface area contributed by atoms with Gasteiger partial charge in [-0.25, -0.2) is 9.18 Å². The number of ether oxygens (including phenoxy) is 1. The molecule has 0 aliphatic carbocycles. The second kappa shape index (κ2) is 9.54. The normalized spacial score (nSPS) is 10.5. The number of rotatable bonds is 6. The Hall–Kier alpha value is -3.83.